The smallest absolute Gasteiger partial charge is 0.129 e. The summed E-state index contributed by atoms with van der Waals surface area (Å²) in [6.07, 6.45) is 1.18. The zero-order valence-corrected chi connectivity index (χ0v) is 14.4. The maximum Gasteiger partial charge on any atom is 0.129 e. The fourth-order valence-electron chi connectivity index (χ4n) is 2.28. The van der Waals surface area contributed by atoms with Crippen LogP contribution in [0.3, 0.4) is 0 Å². The molecule has 1 aromatic heterocycles. The number of hydrogen-bond donors (Lipinski definition) is 2. The summed E-state index contributed by atoms with van der Waals surface area (Å²) in [7, 11) is 0. The number of nitrogens with one attached hydrogen (secondary N) is 1. The molecule has 2 unspecified atom stereocenters. The first-order chi connectivity index (χ1) is 11.0. The molecule has 23 heavy (non-hydrogen) atoms. The minimum atomic E-state index is -0.606. The molecule has 5 heteroatoms. The largest absolute Gasteiger partial charge is 0.491 e. The first-order valence-corrected chi connectivity index (χ1v) is 8.13. The van der Waals surface area contributed by atoms with Gasteiger partial charge in [-0.3, -0.25) is 0 Å². The Labute approximate surface area is 142 Å². The van der Waals surface area contributed by atoms with E-state index in [1.807, 2.05) is 57.2 Å². The molecule has 0 aliphatic rings. The Kier molecular flexibility index (Phi) is 6.39. The number of hydrogen-bond acceptors (Lipinski definition) is 4. The van der Waals surface area contributed by atoms with Gasteiger partial charge in [0.15, 0.2) is 0 Å². The topological polar surface area (TPSA) is 54.4 Å². The molecule has 124 valence electrons. The van der Waals surface area contributed by atoms with Crippen LogP contribution in [0.2, 0.25) is 5.15 Å². The molecule has 0 saturated carbocycles. The van der Waals surface area contributed by atoms with Crippen LogP contribution in [0.25, 0.3) is 0 Å². The third-order valence-corrected chi connectivity index (χ3v) is 3.69. The molecule has 2 aromatic rings. The number of aromatic nitrogens is 1. The molecular weight excluding hydrogens is 312 g/mol. The molecule has 0 amide bonds. The molecule has 2 N–H and O–H groups in total. The number of aliphatic hydroxyl groups is 1. The van der Waals surface area contributed by atoms with Crippen LogP contribution in [0, 0.1) is 0 Å². The van der Waals surface area contributed by atoms with Crippen molar-refractivity contribution in [2.45, 2.75) is 39.0 Å². The van der Waals surface area contributed by atoms with Crippen molar-refractivity contribution in [1.82, 2.24) is 10.3 Å². The summed E-state index contributed by atoms with van der Waals surface area (Å²) in [4.78, 5) is 3.97. The average Bonchev–Trinajstić information content (AvgIpc) is 2.52. The van der Waals surface area contributed by atoms with Crippen LogP contribution in [0.15, 0.2) is 42.6 Å². The van der Waals surface area contributed by atoms with Crippen LogP contribution in [-0.4, -0.2) is 22.7 Å². The SMILES string of the molecule is CC(C)Oc1cccc(C(O)CNC(C)c2ccnc(Cl)c2)c1. The number of ether oxygens (including phenoxy) is 1. The highest BCUT2D eigenvalue weighted by atomic mass is 35.5. The van der Waals surface area contributed by atoms with Crippen LogP contribution in [0.5, 0.6) is 5.75 Å². The van der Waals surface area contributed by atoms with Gasteiger partial charge in [0.2, 0.25) is 0 Å². The molecule has 0 saturated heterocycles. The van der Waals surface area contributed by atoms with Gasteiger partial charge in [-0.15, -0.1) is 0 Å². The van der Waals surface area contributed by atoms with Gasteiger partial charge in [-0.1, -0.05) is 23.7 Å². The second-order valence-electron chi connectivity index (χ2n) is 5.80. The molecule has 0 aliphatic heterocycles. The van der Waals surface area contributed by atoms with E-state index in [1.54, 1.807) is 6.20 Å². The lowest BCUT2D eigenvalue weighted by molar-refractivity contribution is 0.169. The molecule has 2 atom stereocenters. The molecule has 0 radical (unpaired) electrons. The van der Waals surface area contributed by atoms with Crippen molar-refractivity contribution in [3.63, 3.8) is 0 Å². The molecular formula is C18H23ClN2O2. The minimum Gasteiger partial charge on any atom is -0.491 e. The van der Waals surface area contributed by atoms with Gasteiger partial charge < -0.3 is 15.2 Å². The summed E-state index contributed by atoms with van der Waals surface area (Å²) < 4.78 is 5.66. The lowest BCUT2D eigenvalue weighted by Crippen LogP contribution is -2.24. The van der Waals surface area contributed by atoms with E-state index in [0.29, 0.717) is 11.7 Å². The van der Waals surface area contributed by atoms with Crippen LogP contribution in [-0.2, 0) is 0 Å². The van der Waals surface area contributed by atoms with E-state index in [1.165, 1.54) is 0 Å². The first-order valence-electron chi connectivity index (χ1n) is 7.75. The molecule has 0 fully saturated rings. The molecule has 1 heterocycles. The number of aliphatic hydroxyl groups excluding tert-OH is 1. The summed E-state index contributed by atoms with van der Waals surface area (Å²) in [5.74, 6) is 0.769. The highest BCUT2D eigenvalue weighted by Crippen LogP contribution is 2.21. The number of halogens is 1. The van der Waals surface area contributed by atoms with E-state index in [9.17, 15) is 5.11 Å². The number of nitrogens with zero attached hydrogens (tertiary/aromatic N) is 1. The lowest BCUT2D eigenvalue weighted by Gasteiger charge is -2.18. The van der Waals surface area contributed by atoms with Gasteiger partial charge in [0.1, 0.15) is 10.9 Å². The van der Waals surface area contributed by atoms with Gasteiger partial charge in [-0.05, 0) is 56.2 Å². The van der Waals surface area contributed by atoms with Crippen molar-refractivity contribution in [2.24, 2.45) is 0 Å². The Morgan fingerprint density at radius 1 is 1.17 bits per heavy atom. The van der Waals surface area contributed by atoms with Gasteiger partial charge in [0.05, 0.1) is 12.2 Å². The predicted octanol–water partition coefficient (Wildman–Crippen LogP) is 3.91. The molecule has 0 aliphatic carbocycles. The Balaban J connectivity index is 1.95. The molecule has 1 aromatic carbocycles. The third-order valence-electron chi connectivity index (χ3n) is 3.48. The van der Waals surface area contributed by atoms with Gasteiger partial charge in [0, 0.05) is 18.8 Å². The zero-order chi connectivity index (χ0) is 16.8. The minimum absolute atomic E-state index is 0.0697. The maximum absolute atomic E-state index is 10.4. The summed E-state index contributed by atoms with van der Waals surface area (Å²) in [5, 5.41) is 14.1. The van der Waals surface area contributed by atoms with Crippen molar-refractivity contribution < 1.29 is 9.84 Å². The standard InChI is InChI=1S/C18H23ClN2O2/c1-12(2)23-16-6-4-5-15(9-16)17(22)11-21-13(3)14-7-8-20-18(19)10-14/h4-10,12-13,17,21-22H,11H2,1-3H3. The van der Waals surface area contributed by atoms with E-state index >= 15 is 0 Å². The van der Waals surface area contributed by atoms with E-state index in [2.05, 4.69) is 10.3 Å². The second-order valence-corrected chi connectivity index (χ2v) is 6.18. The van der Waals surface area contributed by atoms with Gasteiger partial charge in [-0.25, -0.2) is 4.98 Å². The van der Waals surface area contributed by atoms with Gasteiger partial charge in [-0.2, -0.15) is 0 Å². The Morgan fingerprint density at radius 2 is 1.96 bits per heavy atom. The molecule has 0 spiro atoms. The van der Waals surface area contributed by atoms with E-state index < -0.39 is 6.10 Å². The van der Waals surface area contributed by atoms with Gasteiger partial charge in [0.25, 0.3) is 0 Å². The van der Waals surface area contributed by atoms with Crippen molar-refractivity contribution >= 4 is 11.6 Å². The lowest BCUT2D eigenvalue weighted by atomic mass is 10.1. The molecule has 0 bridgehead atoms. The zero-order valence-electron chi connectivity index (χ0n) is 13.7. The Hall–Kier alpha value is -1.62. The van der Waals surface area contributed by atoms with E-state index in [0.717, 1.165) is 16.9 Å². The van der Waals surface area contributed by atoms with Crippen molar-refractivity contribution in [3.8, 4) is 5.75 Å². The van der Waals surface area contributed by atoms with E-state index in [4.69, 9.17) is 16.3 Å². The van der Waals surface area contributed by atoms with Gasteiger partial charge >= 0.3 is 0 Å². The fraction of sp³-hybridized carbons (Fsp3) is 0.389. The Bertz CT molecular complexity index is 634. The van der Waals surface area contributed by atoms with Crippen molar-refractivity contribution in [2.75, 3.05) is 6.54 Å². The highest BCUT2D eigenvalue weighted by molar-refractivity contribution is 6.29. The summed E-state index contributed by atoms with van der Waals surface area (Å²) >= 11 is 5.90. The van der Waals surface area contributed by atoms with Crippen LogP contribution in [0.4, 0.5) is 0 Å². The number of benzene rings is 1. The second kappa shape index (κ2) is 8.29. The van der Waals surface area contributed by atoms with E-state index in [-0.39, 0.29) is 12.1 Å². The predicted molar refractivity (Wildman–Crippen MR) is 92.8 cm³/mol. The average molecular weight is 335 g/mol. The Morgan fingerprint density at radius 3 is 2.65 bits per heavy atom. The summed E-state index contributed by atoms with van der Waals surface area (Å²) in [5.41, 5.74) is 1.87. The van der Waals surface area contributed by atoms with Crippen LogP contribution in [0.1, 0.15) is 44.0 Å². The van der Waals surface area contributed by atoms with Crippen LogP contribution >= 0.6 is 11.6 Å². The monoisotopic (exact) mass is 334 g/mol. The fourth-order valence-corrected chi connectivity index (χ4v) is 2.46. The third kappa shape index (κ3) is 5.50. The van der Waals surface area contributed by atoms with Crippen molar-refractivity contribution in [3.05, 3.63) is 58.9 Å². The first kappa shape index (κ1) is 17.7. The highest BCUT2D eigenvalue weighted by Gasteiger charge is 2.12. The summed E-state index contributed by atoms with van der Waals surface area (Å²) in [6, 6.07) is 11.4. The summed E-state index contributed by atoms with van der Waals surface area (Å²) in [6.45, 7) is 6.42. The molecule has 2 rings (SSSR count). The maximum atomic E-state index is 10.4. The molecule has 4 nitrogen and oxygen atoms in total. The van der Waals surface area contributed by atoms with Crippen LogP contribution < -0.4 is 10.1 Å². The number of rotatable bonds is 7. The normalized spacial score (nSPS) is 13.8. The van der Waals surface area contributed by atoms with Crippen molar-refractivity contribution in [1.29, 1.82) is 0 Å². The number of pyridine rings is 1. The quantitative estimate of drug-likeness (QED) is 0.754.